The summed E-state index contributed by atoms with van der Waals surface area (Å²) >= 11 is 0. The molecule has 0 N–H and O–H groups in total. The molecule has 0 aromatic heterocycles. The number of benzene rings is 2. The summed E-state index contributed by atoms with van der Waals surface area (Å²) in [4.78, 5) is 14.8. The average molecular weight is 429 g/mol. The summed E-state index contributed by atoms with van der Waals surface area (Å²) in [5.74, 6) is -0.0603. The first kappa shape index (κ1) is 22.1. The van der Waals surface area contributed by atoms with Gasteiger partial charge in [0.15, 0.2) is 12.4 Å². The lowest BCUT2D eigenvalue weighted by Crippen LogP contribution is -2.25. The first-order valence-electron chi connectivity index (χ1n) is 9.70. The van der Waals surface area contributed by atoms with Crippen molar-refractivity contribution in [1.82, 2.24) is 4.31 Å². The number of ether oxygens (including phenoxy) is 1. The van der Waals surface area contributed by atoms with Crippen molar-refractivity contribution in [3.63, 3.8) is 0 Å². The molecule has 3 rings (SSSR count). The number of hydrogen-bond acceptors (Lipinski definition) is 5. The molecule has 1 aliphatic heterocycles. The normalized spacial score (nSPS) is 16.8. The highest BCUT2D eigenvalue weighted by atomic mass is 32.2. The average Bonchev–Trinajstić information content (AvgIpc) is 2.88. The van der Waals surface area contributed by atoms with Crippen LogP contribution in [0.3, 0.4) is 0 Å². The van der Waals surface area contributed by atoms with Crippen molar-refractivity contribution in [1.29, 1.82) is 0 Å². The van der Waals surface area contributed by atoms with Crippen molar-refractivity contribution in [2.24, 2.45) is 0 Å². The van der Waals surface area contributed by atoms with E-state index in [9.17, 15) is 13.2 Å². The van der Waals surface area contributed by atoms with Crippen LogP contribution in [-0.2, 0) is 20.2 Å². The SMILES string of the molecule is Cc1ccc(OCC(=O)/C=C2/N(C)c3ccccc3C2(C)C)c(S(=O)(=O)N(C)C)c1. The zero-order valence-corrected chi connectivity index (χ0v) is 19.1. The van der Waals surface area contributed by atoms with Gasteiger partial charge in [0.2, 0.25) is 10.0 Å². The second kappa shape index (κ2) is 7.89. The Bertz CT molecular complexity index is 1120. The second-order valence-electron chi connectivity index (χ2n) is 8.22. The van der Waals surface area contributed by atoms with Crippen molar-refractivity contribution < 1.29 is 17.9 Å². The molecule has 0 bridgehead atoms. The number of para-hydroxylation sites is 1. The highest BCUT2D eigenvalue weighted by Gasteiger charge is 2.38. The molecule has 6 nitrogen and oxygen atoms in total. The van der Waals surface area contributed by atoms with Crippen molar-refractivity contribution in [2.45, 2.75) is 31.1 Å². The Morgan fingerprint density at radius 3 is 2.47 bits per heavy atom. The van der Waals surface area contributed by atoms with Crippen LogP contribution in [0.15, 0.2) is 59.1 Å². The number of carbonyl (C=O) groups excluding carboxylic acids is 1. The fraction of sp³-hybridized carbons (Fsp3) is 0.348. The van der Waals surface area contributed by atoms with Crippen LogP contribution in [0.25, 0.3) is 0 Å². The Labute approximate surface area is 178 Å². The number of likely N-dealkylation sites (N-methyl/N-ethyl adjacent to an activating group) is 1. The molecule has 30 heavy (non-hydrogen) atoms. The molecular weight excluding hydrogens is 400 g/mol. The van der Waals surface area contributed by atoms with E-state index >= 15 is 0 Å². The number of rotatable bonds is 6. The molecule has 0 saturated carbocycles. The van der Waals surface area contributed by atoms with E-state index in [1.807, 2.05) is 37.1 Å². The third-order valence-electron chi connectivity index (χ3n) is 5.47. The van der Waals surface area contributed by atoms with Gasteiger partial charge in [0.25, 0.3) is 0 Å². The Morgan fingerprint density at radius 2 is 1.83 bits per heavy atom. The first-order chi connectivity index (χ1) is 14.0. The van der Waals surface area contributed by atoms with Crippen molar-refractivity contribution in [3.8, 4) is 5.75 Å². The molecule has 0 saturated heterocycles. The number of hydrogen-bond donors (Lipinski definition) is 0. The van der Waals surface area contributed by atoms with Crippen molar-refractivity contribution >= 4 is 21.5 Å². The van der Waals surface area contributed by atoms with E-state index < -0.39 is 10.0 Å². The zero-order chi connectivity index (χ0) is 22.3. The summed E-state index contributed by atoms with van der Waals surface area (Å²) in [6.07, 6.45) is 1.59. The maximum Gasteiger partial charge on any atom is 0.246 e. The highest BCUT2D eigenvalue weighted by Crippen LogP contribution is 2.46. The predicted molar refractivity (Wildman–Crippen MR) is 119 cm³/mol. The smallest absolute Gasteiger partial charge is 0.246 e. The summed E-state index contributed by atoms with van der Waals surface area (Å²) in [7, 11) is 1.18. The molecule has 0 spiro atoms. The fourth-order valence-electron chi connectivity index (χ4n) is 3.73. The van der Waals surface area contributed by atoms with Crippen molar-refractivity contribution in [2.75, 3.05) is 32.6 Å². The van der Waals surface area contributed by atoms with Gasteiger partial charge in [-0.15, -0.1) is 0 Å². The second-order valence-corrected chi connectivity index (χ2v) is 10.3. The van der Waals surface area contributed by atoms with Gasteiger partial charge in [0, 0.05) is 44.0 Å². The van der Waals surface area contributed by atoms with Gasteiger partial charge in [0.05, 0.1) is 0 Å². The Hall–Kier alpha value is -2.64. The Kier molecular flexibility index (Phi) is 5.80. The predicted octanol–water partition coefficient (Wildman–Crippen LogP) is 3.50. The van der Waals surface area contributed by atoms with E-state index in [1.54, 1.807) is 24.3 Å². The van der Waals surface area contributed by atoms with E-state index in [0.717, 1.165) is 26.8 Å². The van der Waals surface area contributed by atoms with Crippen LogP contribution in [0.1, 0.15) is 25.0 Å². The van der Waals surface area contributed by atoms with Crippen LogP contribution in [0, 0.1) is 6.92 Å². The largest absolute Gasteiger partial charge is 0.484 e. The molecule has 0 amide bonds. The third kappa shape index (κ3) is 3.87. The van der Waals surface area contributed by atoms with Gasteiger partial charge in [-0.25, -0.2) is 12.7 Å². The lowest BCUT2D eigenvalue weighted by molar-refractivity contribution is -0.116. The van der Waals surface area contributed by atoms with E-state index in [2.05, 4.69) is 19.9 Å². The standard InChI is InChI=1S/C23H28N2O4S/c1-16-11-12-20(21(13-16)30(27,28)24(4)5)29-15-17(26)14-22-23(2,3)18-9-7-8-10-19(18)25(22)6/h7-14H,15H2,1-6H3/b22-14+. The number of fused-ring (bicyclic) bond motifs is 1. The third-order valence-corrected chi connectivity index (χ3v) is 7.30. The molecule has 1 heterocycles. The maximum atomic E-state index is 12.7. The van der Waals surface area contributed by atoms with Gasteiger partial charge in [-0.1, -0.05) is 38.1 Å². The van der Waals surface area contributed by atoms with Crippen LogP contribution in [0.2, 0.25) is 0 Å². The molecule has 0 unspecified atom stereocenters. The van der Waals surface area contributed by atoms with Crippen LogP contribution >= 0.6 is 0 Å². The van der Waals surface area contributed by atoms with Crippen molar-refractivity contribution in [3.05, 3.63) is 65.4 Å². The molecule has 160 valence electrons. The van der Waals surface area contributed by atoms with E-state index in [1.165, 1.54) is 14.1 Å². The Morgan fingerprint density at radius 1 is 1.17 bits per heavy atom. The van der Waals surface area contributed by atoms with E-state index in [0.29, 0.717) is 0 Å². The first-order valence-corrected chi connectivity index (χ1v) is 11.1. The molecule has 0 radical (unpaired) electrons. The fourth-order valence-corrected chi connectivity index (χ4v) is 4.84. The van der Waals surface area contributed by atoms with Gasteiger partial charge in [-0.05, 0) is 36.2 Å². The summed E-state index contributed by atoms with van der Waals surface area (Å²) in [6, 6.07) is 13.0. The summed E-state index contributed by atoms with van der Waals surface area (Å²) in [6.45, 7) is 5.72. The lowest BCUT2D eigenvalue weighted by Gasteiger charge is -2.24. The quantitative estimate of drug-likeness (QED) is 0.659. The minimum absolute atomic E-state index is 0.0543. The minimum atomic E-state index is -3.69. The number of sulfonamides is 1. The summed E-state index contributed by atoms with van der Waals surface area (Å²) in [5.41, 5.74) is 3.58. The molecular formula is C23H28N2O4S. The van der Waals surface area contributed by atoms with Crippen LogP contribution in [0.5, 0.6) is 5.75 Å². The summed E-state index contributed by atoms with van der Waals surface area (Å²) < 4.78 is 32.0. The van der Waals surface area contributed by atoms with Crippen LogP contribution < -0.4 is 9.64 Å². The molecule has 2 aromatic rings. The van der Waals surface area contributed by atoms with Gasteiger partial charge >= 0.3 is 0 Å². The minimum Gasteiger partial charge on any atom is -0.484 e. The van der Waals surface area contributed by atoms with E-state index in [4.69, 9.17) is 4.74 Å². The number of allylic oxidation sites excluding steroid dienone is 1. The number of anilines is 1. The molecule has 7 heteroatoms. The summed E-state index contributed by atoms with van der Waals surface area (Å²) in [5, 5.41) is 0. The number of aryl methyl sites for hydroxylation is 1. The van der Waals surface area contributed by atoms with Crippen LogP contribution in [-0.4, -0.2) is 46.3 Å². The van der Waals surface area contributed by atoms with Gasteiger partial charge in [-0.2, -0.15) is 0 Å². The number of carbonyl (C=O) groups is 1. The zero-order valence-electron chi connectivity index (χ0n) is 18.3. The molecule has 0 fully saturated rings. The highest BCUT2D eigenvalue weighted by molar-refractivity contribution is 7.89. The number of nitrogens with zero attached hydrogens (tertiary/aromatic N) is 2. The van der Waals surface area contributed by atoms with Gasteiger partial charge in [-0.3, -0.25) is 4.79 Å². The molecule has 2 aromatic carbocycles. The Balaban J connectivity index is 1.84. The topological polar surface area (TPSA) is 66.9 Å². The lowest BCUT2D eigenvalue weighted by atomic mass is 9.83. The van der Waals surface area contributed by atoms with Gasteiger partial charge in [0.1, 0.15) is 10.6 Å². The van der Waals surface area contributed by atoms with E-state index in [-0.39, 0.29) is 28.5 Å². The maximum absolute atomic E-state index is 12.7. The van der Waals surface area contributed by atoms with Crippen LogP contribution in [0.4, 0.5) is 5.69 Å². The molecule has 1 aliphatic rings. The number of ketones is 1. The monoisotopic (exact) mass is 428 g/mol. The molecule has 0 atom stereocenters. The molecule has 0 aliphatic carbocycles. The van der Waals surface area contributed by atoms with Gasteiger partial charge < -0.3 is 9.64 Å².